The minimum absolute atomic E-state index is 0.350. The van der Waals surface area contributed by atoms with Gasteiger partial charge in [-0.15, -0.1) is 0 Å². The van der Waals surface area contributed by atoms with Crippen LogP contribution in [0.1, 0.15) is 18.1 Å². The van der Waals surface area contributed by atoms with Crippen LogP contribution in [0.2, 0.25) is 0 Å². The van der Waals surface area contributed by atoms with Gasteiger partial charge in [0, 0.05) is 23.9 Å². The van der Waals surface area contributed by atoms with Gasteiger partial charge in [0.1, 0.15) is 18.5 Å². The van der Waals surface area contributed by atoms with Gasteiger partial charge in [0.25, 0.3) is 0 Å². The van der Waals surface area contributed by atoms with Crippen molar-refractivity contribution in [2.24, 2.45) is 10.7 Å². The van der Waals surface area contributed by atoms with Crippen LogP contribution < -0.4 is 16.0 Å². The number of fused-ring (bicyclic) bond motifs is 1. The van der Waals surface area contributed by atoms with Crippen LogP contribution in [-0.2, 0) is 9.59 Å². The molecular weight excluding hydrogens is 328 g/mol. The lowest BCUT2D eigenvalue weighted by molar-refractivity contribution is -0.122. The Bertz CT molecular complexity index is 833. The molecule has 2 aromatic carbocycles. The number of nitrogens with two attached hydrogens (primary N) is 1. The van der Waals surface area contributed by atoms with Gasteiger partial charge >= 0.3 is 0 Å². The summed E-state index contributed by atoms with van der Waals surface area (Å²) in [5.74, 6) is -0.350. The Morgan fingerprint density at radius 1 is 1.19 bits per heavy atom. The first-order chi connectivity index (χ1) is 12.5. The van der Waals surface area contributed by atoms with Crippen molar-refractivity contribution in [1.29, 1.82) is 0 Å². The molecule has 1 aliphatic rings. The maximum Gasteiger partial charge on any atom is 0.238 e. The number of aldehydes is 1. The third-order valence-corrected chi connectivity index (χ3v) is 4.47. The number of aliphatic imine (C=N–C) groups is 1. The van der Waals surface area contributed by atoms with E-state index in [2.05, 4.69) is 5.32 Å². The first-order valence-electron chi connectivity index (χ1n) is 8.49. The molecule has 0 aromatic heterocycles. The summed E-state index contributed by atoms with van der Waals surface area (Å²) < 4.78 is 0. The SMILES string of the molecule is C[C@H](N)C(=O)NC1N=C(c2ccccc2)c2ccccc2N(C)C1C=O. The fourth-order valence-corrected chi connectivity index (χ4v) is 3.03. The van der Waals surface area contributed by atoms with Gasteiger partial charge < -0.3 is 20.7 Å². The number of para-hydroxylation sites is 1. The summed E-state index contributed by atoms with van der Waals surface area (Å²) in [4.78, 5) is 30.6. The van der Waals surface area contributed by atoms with Crippen molar-refractivity contribution in [3.8, 4) is 0 Å². The van der Waals surface area contributed by atoms with E-state index in [4.69, 9.17) is 10.7 Å². The summed E-state index contributed by atoms with van der Waals surface area (Å²) in [6.07, 6.45) is 0.0685. The molecule has 6 heteroatoms. The largest absolute Gasteiger partial charge is 0.361 e. The quantitative estimate of drug-likeness (QED) is 0.815. The summed E-state index contributed by atoms with van der Waals surface area (Å²) in [7, 11) is 1.83. The van der Waals surface area contributed by atoms with E-state index in [0.717, 1.165) is 28.8 Å². The minimum Gasteiger partial charge on any atom is -0.361 e. The van der Waals surface area contributed by atoms with Gasteiger partial charge in [0.2, 0.25) is 5.91 Å². The number of rotatable bonds is 4. The smallest absolute Gasteiger partial charge is 0.238 e. The van der Waals surface area contributed by atoms with E-state index in [1.807, 2.05) is 66.5 Å². The number of nitrogens with zero attached hydrogens (tertiary/aromatic N) is 2. The monoisotopic (exact) mass is 350 g/mol. The van der Waals surface area contributed by atoms with Crippen molar-refractivity contribution in [3.63, 3.8) is 0 Å². The molecule has 3 atom stereocenters. The number of benzodiazepines with no additional fused rings is 1. The van der Waals surface area contributed by atoms with E-state index in [0.29, 0.717) is 0 Å². The second kappa shape index (κ2) is 7.49. The van der Waals surface area contributed by atoms with Crippen molar-refractivity contribution in [2.45, 2.75) is 25.2 Å². The number of carbonyl (C=O) groups is 2. The predicted molar refractivity (Wildman–Crippen MR) is 102 cm³/mol. The Hall–Kier alpha value is -2.99. The second-order valence-electron chi connectivity index (χ2n) is 6.34. The van der Waals surface area contributed by atoms with Crippen LogP contribution in [0.15, 0.2) is 59.6 Å². The van der Waals surface area contributed by atoms with E-state index >= 15 is 0 Å². The van der Waals surface area contributed by atoms with Crippen molar-refractivity contribution >= 4 is 23.6 Å². The highest BCUT2D eigenvalue weighted by atomic mass is 16.2. The number of carbonyl (C=O) groups excluding carboxylic acids is 2. The molecule has 3 rings (SSSR count). The Morgan fingerprint density at radius 3 is 2.50 bits per heavy atom. The molecule has 6 nitrogen and oxygen atoms in total. The number of likely N-dealkylation sites (N-methyl/N-ethyl adjacent to an activating group) is 1. The van der Waals surface area contributed by atoms with E-state index < -0.39 is 18.2 Å². The van der Waals surface area contributed by atoms with Crippen molar-refractivity contribution in [3.05, 3.63) is 65.7 Å². The minimum atomic E-state index is -0.737. The molecule has 1 aliphatic heterocycles. The maximum atomic E-state index is 12.2. The van der Waals surface area contributed by atoms with E-state index in [1.165, 1.54) is 0 Å². The lowest BCUT2D eigenvalue weighted by Gasteiger charge is -2.29. The fourth-order valence-electron chi connectivity index (χ4n) is 3.03. The molecule has 26 heavy (non-hydrogen) atoms. The summed E-state index contributed by atoms with van der Waals surface area (Å²) in [6.45, 7) is 1.60. The van der Waals surface area contributed by atoms with Gasteiger partial charge in [-0.1, -0.05) is 48.5 Å². The van der Waals surface area contributed by atoms with Crippen LogP contribution in [0.25, 0.3) is 0 Å². The zero-order chi connectivity index (χ0) is 18.7. The number of nitrogens with one attached hydrogen (secondary N) is 1. The van der Waals surface area contributed by atoms with Crippen LogP contribution in [0.5, 0.6) is 0 Å². The molecule has 134 valence electrons. The third-order valence-electron chi connectivity index (χ3n) is 4.47. The van der Waals surface area contributed by atoms with Crippen LogP contribution >= 0.6 is 0 Å². The van der Waals surface area contributed by atoms with Crippen LogP contribution in [-0.4, -0.2) is 43.2 Å². The summed E-state index contributed by atoms with van der Waals surface area (Å²) in [5, 5.41) is 2.80. The Kier molecular flexibility index (Phi) is 5.14. The molecule has 1 heterocycles. The molecule has 0 aliphatic carbocycles. The lowest BCUT2D eigenvalue weighted by Crippen LogP contribution is -2.53. The van der Waals surface area contributed by atoms with Gasteiger partial charge in [-0.2, -0.15) is 0 Å². The first kappa shape index (κ1) is 17.8. The predicted octanol–water partition coefficient (Wildman–Crippen LogP) is 1.33. The van der Waals surface area contributed by atoms with Crippen molar-refractivity contribution in [2.75, 3.05) is 11.9 Å². The van der Waals surface area contributed by atoms with E-state index in [1.54, 1.807) is 6.92 Å². The molecule has 2 unspecified atom stereocenters. The van der Waals surface area contributed by atoms with Crippen LogP contribution in [0.4, 0.5) is 5.69 Å². The average molecular weight is 350 g/mol. The highest BCUT2D eigenvalue weighted by Gasteiger charge is 2.32. The highest BCUT2D eigenvalue weighted by Crippen LogP contribution is 2.28. The Morgan fingerprint density at radius 2 is 1.85 bits per heavy atom. The summed E-state index contributed by atoms with van der Waals surface area (Å²) in [6, 6.07) is 16.2. The molecule has 0 bridgehead atoms. The lowest BCUT2D eigenvalue weighted by atomic mass is 10.0. The van der Waals surface area contributed by atoms with Gasteiger partial charge in [-0.05, 0) is 13.0 Å². The molecule has 0 radical (unpaired) electrons. The summed E-state index contributed by atoms with van der Waals surface area (Å²) in [5.41, 5.74) is 9.11. The van der Waals surface area contributed by atoms with Gasteiger partial charge in [0.15, 0.2) is 0 Å². The Balaban J connectivity index is 2.16. The highest BCUT2D eigenvalue weighted by molar-refractivity contribution is 6.16. The molecule has 0 fully saturated rings. The van der Waals surface area contributed by atoms with Crippen LogP contribution in [0, 0.1) is 0 Å². The standard InChI is InChI=1S/C20H22N4O2/c1-13(21)20(26)23-19-17(12-25)24(2)16-11-7-6-10-15(16)18(22-19)14-8-4-3-5-9-14/h3-13,17,19H,21H2,1-2H3,(H,23,26)/t13-,17?,19?/m0/s1. The number of hydrogen-bond acceptors (Lipinski definition) is 5. The Labute approximate surface area is 152 Å². The van der Waals surface area contributed by atoms with Crippen molar-refractivity contribution < 1.29 is 9.59 Å². The zero-order valence-corrected chi connectivity index (χ0v) is 14.8. The average Bonchev–Trinajstić information content (AvgIpc) is 2.77. The number of anilines is 1. The van der Waals surface area contributed by atoms with E-state index in [-0.39, 0.29) is 5.91 Å². The molecule has 3 N–H and O–H groups in total. The third kappa shape index (κ3) is 3.36. The number of hydrogen-bond donors (Lipinski definition) is 2. The molecule has 1 amide bonds. The maximum absolute atomic E-state index is 12.2. The number of benzene rings is 2. The first-order valence-corrected chi connectivity index (χ1v) is 8.49. The molecule has 2 aromatic rings. The molecule has 0 saturated carbocycles. The van der Waals surface area contributed by atoms with E-state index in [9.17, 15) is 9.59 Å². The van der Waals surface area contributed by atoms with Crippen molar-refractivity contribution in [1.82, 2.24) is 5.32 Å². The summed E-state index contributed by atoms with van der Waals surface area (Å²) >= 11 is 0. The van der Waals surface area contributed by atoms with Gasteiger partial charge in [0.05, 0.1) is 11.8 Å². The normalized spacial score (nSPS) is 20.4. The molecule has 0 saturated heterocycles. The van der Waals surface area contributed by atoms with Crippen LogP contribution in [0.3, 0.4) is 0 Å². The molecule has 0 spiro atoms. The molecular formula is C20H22N4O2. The van der Waals surface area contributed by atoms with Gasteiger partial charge in [-0.3, -0.25) is 9.79 Å². The van der Waals surface area contributed by atoms with Gasteiger partial charge in [-0.25, -0.2) is 0 Å². The fraction of sp³-hybridized carbons (Fsp3) is 0.250. The topological polar surface area (TPSA) is 87.8 Å². The number of amides is 1. The zero-order valence-electron chi connectivity index (χ0n) is 14.8. The second-order valence-corrected chi connectivity index (χ2v) is 6.34.